The Morgan fingerprint density at radius 2 is 2.22 bits per heavy atom. The van der Waals surface area contributed by atoms with Gasteiger partial charge in [0, 0.05) is 18.2 Å². The number of aryl methyl sites for hydroxylation is 1. The molecule has 0 fully saturated rings. The summed E-state index contributed by atoms with van der Waals surface area (Å²) < 4.78 is 10.3. The van der Waals surface area contributed by atoms with Crippen LogP contribution in [0.25, 0.3) is 0 Å². The van der Waals surface area contributed by atoms with Gasteiger partial charge in [-0.3, -0.25) is 4.79 Å². The third kappa shape index (κ3) is 4.94. The van der Waals surface area contributed by atoms with E-state index in [0.717, 1.165) is 5.56 Å². The fourth-order valence-corrected chi connectivity index (χ4v) is 1.58. The molecular formula is C13H18ClNO3. The van der Waals surface area contributed by atoms with Gasteiger partial charge in [-0.2, -0.15) is 0 Å². The highest BCUT2D eigenvalue weighted by atomic mass is 35.5. The third-order valence-electron chi connectivity index (χ3n) is 2.32. The van der Waals surface area contributed by atoms with Gasteiger partial charge in [0.1, 0.15) is 5.75 Å². The van der Waals surface area contributed by atoms with Crippen molar-refractivity contribution < 1.29 is 14.3 Å². The summed E-state index contributed by atoms with van der Waals surface area (Å²) in [6.45, 7) is 4.21. The van der Waals surface area contributed by atoms with E-state index in [4.69, 9.17) is 21.1 Å². The Morgan fingerprint density at radius 1 is 1.50 bits per heavy atom. The molecule has 1 atom stereocenters. The van der Waals surface area contributed by atoms with Crippen molar-refractivity contribution in [1.29, 1.82) is 0 Å². The number of nitrogens with one attached hydrogen (secondary N) is 1. The van der Waals surface area contributed by atoms with Crippen LogP contribution in [-0.4, -0.2) is 32.3 Å². The highest BCUT2D eigenvalue weighted by Crippen LogP contribution is 2.20. The second kappa shape index (κ2) is 7.24. The van der Waals surface area contributed by atoms with E-state index in [1.54, 1.807) is 25.3 Å². The minimum Gasteiger partial charge on any atom is -0.484 e. The highest BCUT2D eigenvalue weighted by molar-refractivity contribution is 6.31. The molecule has 1 rings (SSSR count). The van der Waals surface area contributed by atoms with Crippen molar-refractivity contribution in [3.05, 3.63) is 28.8 Å². The Bertz CT molecular complexity index is 409. The Hall–Kier alpha value is -1.26. The van der Waals surface area contributed by atoms with Crippen LogP contribution < -0.4 is 10.1 Å². The first-order valence-electron chi connectivity index (χ1n) is 5.70. The molecule has 0 aliphatic carbocycles. The van der Waals surface area contributed by atoms with Crippen molar-refractivity contribution in [3.8, 4) is 5.75 Å². The van der Waals surface area contributed by atoms with Gasteiger partial charge in [0.2, 0.25) is 0 Å². The quantitative estimate of drug-likeness (QED) is 0.863. The van der Waals surface area contributed by atoms with Gasteiger partial charge in [-0.1, -0.05) is 11.6 Å². The van der Waals surface area contributed by atoms with E-state index < -0.39 is 0 Å². The summed E-state index contributed by atoms with van der Waals surface area (Å²) in [5.41, 5.74) is 0.919. The summed E-state index contributed by atoms with van der Waals surface area (Å²) >= 11 is 5.90. The van der Waals surface area contributed by atoms with Crippen LogP contribution in [0.1, 0.15) is 12.5 Å². The summed E-state index contributed by atoms with van der Waals surface area (Å²) in [4.78, 5) is 11.5. The molecule has 1 amide bonds. The van der Waals surface area contributed by atoms with Crippen molar-refractivity contribution in [2.75, 3.05) is 20.3 Å². The first-order valence-corrected chi connectivity index (χ1v) is 6.08. The fourth-order valence-electron chi connectivity index (χ4n) is 1.46. The SMILES string of the molecule is COC[C@@H](C)NC(=O)COc1ccc(Cl)c(C)c1. The summed E-state index contributed by atoms with van der Waals surface area (Å²) in [7, 11) is 1.59. The molecule has 4 nitrogen and oxygen atoms in total. The molecule has 0 unspecified atom stereocenters. The van der Waals surface area contributed by atoms with Crippen LogP contribution in [0, 0.1) is 6.92 Å². The van der Waals surface area contributed by atoms with Gasteiger partial charge in [0.05, 0.1) is 6.61 Å². The average molecular weight is 272 g/mol. The Kier molecular flexibility index (Phi) is 5.95. The van der Waals surface area contributed by atoms with E-state index in [1.165, 1.54) is 0 Å². The van der Waals surface area contributed by atoms with E-state index in [9.17, 15) is 4.79 Å². The van der Waals surface area contributed by atoms with Crippen molar-refractivity contribution >= 4 is 17.5 Å². The van der Waals surface area contributed by atoms with Gasteiger partial charge in [0.25, 0.3) is 5.91 Å². The lowest BCUT2D eigenvalue weighted by Crippen LogP contribution is -2.38. The van der Waals surface area contributed by atoms with Gasteiger partial charge in [-0.25, -0.2) is 0 Å². The van der Waals surface area contributed by atoms with Crippen molar-refractivity contribution in [1.82, 2.24) is 5.32 Å². The van der Waals surface area contributed by atoms with Crippen molar-refractivity contribution in [2.45, 2.75) is 19.9 Å². The van der Waals surface area contributed by atoms with Crippen LogP contribution in [0.5, 0.6) is 5.75 Å². The van der Waals surface area contributed by atoms with E-state index in [2.05, 4.69) is 5.32 Å². The topological polar surface area (TPSA) is 47.6 Å². The number of rotatable bonds is 6. The molecular weight excluding hydrogens is 254 g/mol. The first-order chi connectivity index (χ1) is 8.52. The van der Waals surface area contributed by atoms with Crippen molar-refractivity contribution in [3.63, 3.8) is 0 Å². The van der Waals surface area contributed by atoms with Crippen LogP contribution in [0.4, 0.5) is 0 Å². The average Bonchev–Trinajstić information content (AvgIpc) is 2.31. The number of amides is 1. The molecule has 0 heterocycles. The number of carbonyl (C=O) groups excluding carboxylic acids is 1. The summed E-state index contributed by atoms with van der Waals surface area (Å²) in [5, 5.41) is 3.44. The zero-order chi connectivity index (χ0) is 13.5. The van der Waals surface area contributed by atoms with Gasteiger partial charge in [-0.05, 0) is 37.6 Å². The standard InChI is InChI=1S/C13H18ClNO3/c1-9-6-11(4-5-12(9)14)18-8-13(16)15-10(2)7-17-3/h4-6,10H,7-8H2,1-3H3,(H,15,16)/t10-/m1/s1. The molecule has 0 aliphatic rings. The zero-order valence-electron chi connectivity index (χ0n) is 10.8. The van der Waals surface area contributed by atoms with Crippen LogP contribution in [0.15, 0.2) is 18.2 Å². The molecule has 100 valence electrons. The molecule has 0 spiro atoms. The van der Waals surface area contributed by atoms with Gasteiger partial charge in [0.15, 0.2) is 6.61 Å². The molecule has 0 aliphatic heterocycles. The first kappa shape index (κ1) is 14.8. The molecule has 0 saturated carbocycles. The van der Waals surface area contributed by atoms with Crippen LogP contribution >= 0.6 is 11.6 Å². The minimum absolute atomic E-state index is 0.0187. The number of benzene rings is 1. The monoisotopic (exact) mass is 271 g/mol. The van der Waals surface area contributed by atoms with Gasteiger partial charge < -0.3 is 14.8 Å². The Balaban J connectivity index is 2.40. The maximum absolute atomic E-state index is 11.5. The number of hydrogen-bond donors (Lipinski definition) is 1. The molecule has 1 aromatic carbocycles. The minimum atomic E-state index is -0.174. The maximum Gasteiger partial charge on any atom is 0.258 e. The van der Waals surface area contributed by atoms with E-state index in [1.807, 2.05) is 13.8 Å². The summed E-state index contributed by atoms with van der Waals surface area (Å²) in [6.07, 6.45) is 0. The van der Waals surface area contributed by atoms with Gasteiger partial charge in [-0.15, -0.1) is 0 Å². The highest BCUT2D eigenvalue weighted by Gasteiger charge is 2.08. The van der Waals surface area contributed by atoms with E-state index in [-0.39, 0.29) is 18.6 Å². The van der Waals surface area contributed by atoms with E-state index >= 15 is 0 Å². The maximum atomic E-state index is 11.5. The molecule has 0 aromatic heterocycles. The van der Waals surface area contributed by atoms with Crippen molar-refractivity contribution in [2.24, 2.45) is 0 Å². The molecule has 1 N–H and O–H groups in total. The molecule has 0 saturated heterocycles. The summed E-state index contributed by atoms with van der Waals surface area (Å²) in [6, 6.07) is 5.26. The smallest absolute Gasteiger partial charge is 0.258 e. The lowest BCUT2D eigenvalue weighted by molar-refractivity contribution is -0.124. The van der Waals surface area contributed by atoms with Crippen LogP contribution in [0.3, 0.4) is 0 Å². The number of hydrogen-bond acceptors (Lipinski definition) is 3. The number of methoxy groups -OCH3 is 1. The normalized spacial score (nSPS) is 12.0. The van der Waals surface area contributed by atoms with Crippen LogP contribution in [-0.2, 0) is 9.53 Å². The molecule has 5 heteroatoms. The molecule has 1 aromatic rings. The number of carbonyl (C=O) groups is 1. The third-order valence-corrected chi connectivity index (χ3v) is 2.75. The largest absolute Gasteiger partial charge is 0.484 e. The lowest BCUT2D eigenvalue weighted by atomic mass is 10.2. The predicted molar refractivity (Wildman–Crippen MR) is 71.2 cm³/mol. The molecule has 0 bridgehead atoms. The lowest BCUT2D eigenvalue weighted by Gasteiger charge is -2.13. The zero-order valence-corrected chi connectivity index (χ0v) is 11.6. The second-order valence-electron chi connectivity index (χ2n) is 4.12. The van der Waals surface area contributed by atoms with E-state index in [0.29, 0.717) is 17.4 Å². The number of halogens is 1. The summed E-state index contributed by atoms with van der Waals surface area (Å²) in [5.74, 6) is 0.457. The fraction of sp³-hybridized carbons (Fsp3) is 0.462. The Labute approximate surface area is 112 Å². The van der Waals surface area contributed by atoms with Crippen LogP contribution in [0.2, 0.25) is 5.02 Å². The molecule has 18 heavy (non-hydrogen) atoms. The second-order valence-corrected chi connectivity index (χ2v) is 4.53. The Morgan fingerprint density at radius 3 is 2.83 bits per heavy atom. The van der Waals surface area contributed by atoms with Gasteiger partial charge >= 0.3 is 0 Å². The predicted octanol–water partition coefficient (Wildman–Crippen LogP) is 2.18. The number of ether oxygens (including phenoxy) is 2. The molecule has 0 radical (unpaired) electrons.